The van der Waals surface area contributed by atoms with Gasteiger partial charge in [-0.25, -0.2) is 0 Å². The van der Waals surface area contributed by atoms with Gasteiger partial charge in [-0.1, -0.05) is 29.0 Å². The predicted octanol–water partition coefficient (Wildman–Crippen LogP) is 3.00. The monoisotopic (exact) mass is 296 g/mol. The van der Waals surface area contributed by atoms with Gasteiger partial charge in [-0.05, 0) is 12.1 Å². The summed E-state index contributed by atoms with van der Waals surface area (Å²) in [7, 11) is 1.60. The lowest BCUT2D eigenvalue weighted by Crippen LogP contribution is -2.15. The molecule has 100 valence electrons. The van der Waals surface area contributed by atoms with Crippen LogP contribution in [0.15, 0.2) is 29.8 Å². The summed E-state index contributed by atoms with van der Waals surface area (Å²) >= 11 is 7.56. The molecule has 1 heterocycles. The number of amides is 1. The number of rotatable bonds is 3. The minimum Gasteiger partial charge on any atom is -0.495 e. The molecule has 2 rings (SSSR count). The molecule has 0 bridgehead atoms. The third-order valence-electron chi connectivity index (χ3n) is 2.53. The van der Waals surface area contributed by atoms with Gasteiger partial charge in [0, 0.05) is 13.5 Å². The van der Waals surface area contributed by atoms with Crippen molar-refractivity contribution in [1.82, 2.24) is 4.57 Å². The van der Waals surface area contributed by atoms with Crippen LogP contribution in [-0.2, 0) is 11.3 Å². The van der Waals surface area contributed by atoms with Crippen LogP contribution in [0.25, 0.3) is 10.2 Å². The number of carbonyl (C=O) groups is 1. The van der Waals surface area contributed by atoms with E-state index in [1.807, 2.05) is 4.57 Å². The zero-order valence-electron chi connectivity index (χ0n) is 10.6. The van der Waals surface area contributed by atoms with Crippen LogP contribution in [0.1, 0.15) is 6.92 Å². The first-order chi connectivity index (χ1) is 9.08. The van der Waals surface area contributed by atoms with E-state index >= 15 is 0 Å². The molecule has 0 atom stereocenters. The Kier molecular flexibility index (Phi) is 4.07. The van der Waals surface area contributed by atoms with Crippen molar-refractivity contribution in [1.29, 1.82) is 0 Å². The maximum Gasteiger partial charge on any atom is 0.245 e. The maximum atomic E-state index is 11.2. The summed E-state index contributed by atoms with van der Waals surface area (Å²) in [5, 5.41) is 0.614. The summed E-state index contributed by atoms with van der Waals surface area (Å²) in [6, 6.07) is 3.57. The molecule has 0 aliphatic rings. The minimum absolute atomic E-state index is 0.251. The molecule has 0 saturated heterocycles. The highest BCUT2D eigenvalue weighted by Gasteiger charge is 2.13. The van der Waals surface area contributed by atoms with E-state index in [9.17, 15) is 4.79 Å². The van der Waals surface area contributed by atoms with E-state index in [2.05, 4.69) is 11.6 Å². The van der Waals surface area contributed by atoms with Gasteiger partial charge in [-0.3, -0.25) is 4.79 Å². The molecule has 0 fully saturated rings. The van der Waals surface area contributed by atoms with Crippen LogP contribution in [0, 0.1) is 0 Å². The van der Waals surface area contributed by atoms with Gasteiger partial charge in [0.25, 0.3) is 0 Å². The average Bonchev–Trinajstić information content (AvgIpc) is 2.70. The van der Waals surface area contributed by atoms with Crippen LogP contribution in [0.3, 0.4) is 0 Å². The fraction of sp³-hybridized carbons (Fsp3) is 0.231. The summed E-state index contributed by atoms with van der Waals surface area (Å²) < 4.78 is 8.08. The number of ether oxygens (including phenoxy) is 1. The number of nitrogens with zero attached hydrogens (tertiary/aromatic N) is 2. The van der Waals surface area contributed by atoms with Gasteiger partial charge in [0.2, 0.25) is 5.91 Å². The van der Waals surface area contributed by atoms with Crippen molar-refractivity contribution in [2.75, 3.05) is 7.11 Å². The minimum atomic E-state index is -0.251. The number of hydrogen-bond donors (Lipinski definition) is 0. The normalized spacial score (nSPS) is 11.8. The number of carbonyl (C=O) groups excluding carboxylic acids is 1. The highest BCUT2D eigenvalue weighted by Crippen LogP contribution is 2.33. The number of benzene rings is 1. The van der Waals surface area contributed by atoms with Crippen LogP contribution in [0.4, 0.5) is 0 Å². The number of thiazole rings is 1. The van der Waals surface area contributed by atoms with E-state index in [-0.39, 0.29) is 5.91 Å². The van der Waals surface area contributed by atoms with Gasteiger partial charge in [0.1, 0.15) is 11.3 Å². The Bertz CT molecular complexity index is 715. The molecule has 1 aromatic heterocycles. The first kappa shape index (κ1) is 13.8. The zero-order chi connectivity index (χ0) is 14.0. The van der Waals surface area contributed by atoms with Crippen LogP contribution >= 0.6 is 22.9 Å². The molecule has 0 aliphatic heterocycles. The lowest BCUT2D eigenvalue weighted by Gasteiger charge is -2.06. The Hall–Kier alpha value is -1.59. The molecule has 0 aliphatic carbocycles. The van der Waals surface area contributed by atoms with Crippen LogP contribution < -0.4 is 9.54 Å². The molecule has 0 radical (unpaired) electrons. The second-order valence-electron chi connectivity index (χ2n) is 3.84. The average molecular weight is 297 g/mol. The van der Waals surface area contributed by atoms with Gasteiger partial charge in [0.05, 0.1) is 16.8 Å². The van der Waals surface area contributed by atoms with E-state index in [1.54, 1.807) is 25.3 Å². The SMILES string of the molecule is C=CCn1c(=NC(C)=O)sc2c(Cl)ccc(OC)c21. The van der Waals surface area contributed by atoms with Crippen molar-refractivity contribution in [2.24, 2.45) is 4.99 Å². The molecule has 19 heavy (non-hydrogen) atoms. The molecule has 4 nitrogen and oxygen atoms in total. The summed E-state index contributed by atoms with van der Waals surface area (Å²) in [6.07, 6.45) is 1.74. The Morgan fingerprint density at radius 2 is 2.37 bits per heavy atom. The van der Waals surface area contributed by atoms with Gasteiger partial charge in [0.15, 0.2) is 4.80 Å². The van der Waals surface area contributed by atoms with Gasteiger partial charge in [-0.2, -0.15) is 4.99 Å². The van der Waals surface area contributed by atoms with Crippen molar-refractivity contribution in [3.63, 3.8) is 0 Å². The van der Waals surface area contributed by atoms with E-state index in [0.29, 0.717) is 22.1 Å². The lowest BCUT2D eigenvalue weighted by atomic mass is 10.3. The predicted molar refractivity (Wildman–Crippen MR) is 77.8 cm³/mol. The molecular weight excluding hydrogens is 284 g/mol. The van der Waals surface area contributed by atoms with Gasteiger partial charge >= 0.3 is 0 Å². The van der Waals surface area contributed by atoms with Gasteiger partial charge in [-0.15, -0.1) is 6.58 Å². The second kappa shape index (κ2) is 5.59. The number of allylic oxidation sites excluding steroid dienone is 1. The van der Waals surface area contributed by atoms with Crippen molar-refractivity contribution in [3.8, 4) is 5.75 Å². The smallest absolute Gasteiger partial charge is 0.245 e. The van der Waals surface area contributed by atoms with Crippen molar-refractivity contribution >= 4 is 39.1 Å². The van der Waals surface area contributed by atoms with E-state index in [0.717, 1.165) is 10.2 Å². The number of hydrogen-bond acceptors (Lipinski definition) is 3. The Morgan fingerprint density at radius 1 is 1.63 bits per heavy atom. The van der Waals surface area contributed by atoms with Crippen LogP contribution in [-0.4, -0.2) is 17.6 Å². The quantitative estimate of drug-likeness (QED) is 0.817. The number of fused-ring (bicyclic) bond motifs is 1. The Labute approximate surface area is 119 Å². The molecule has 1 amide bonds. The largest absolute Gasteiger partial charge is 0.495 e. The third-order valence-corrected chi connectivity index (χ3v) is 4.06. The third kappa shape index (κ3) is 2.57. The number of methoxy groups -OCH3 is 1. The zero-order valence-corrected chi connectivity index (χ0v) is 12.2. The van der Waals surface area contributed by atoms with Crippen molar-refractivity contribution in [3.05, 3.63) is 34.6 Å². The first-order valence-electron chi connectivity index (χ1n) is 5.60. The van der Waals surface area contributed by atoms with Crippen LogP contribution in [0.2, 0.25) is 5.02 Å². The first-order valence-corrected chi connectivity index (χ1v) is 6.80. The molecule has 0 saturated carbocycles. The Morgan fingerprint density at radius 3 is 2.95 bits per heavy atom. The van der Waals surface area contributed by atoms with E-state index in [4.69, 9.17) is 16.3 Å². The highest BCUT2D eigenvalue weighted by atomic mass is 35.5. The Balaban J connectivity index is 2.92. The molecular formula is C13H13ClN2O2S. The molecule has 0 spiro atoms. The van der Waals surface area contributed by atoms with Gasteiger partial charge < -0.3 is 9.30 Å². The standard InChI is InChI=1S/C13H13ClN2O2S/c1-4-7-16-11-10(18-3)6-5-9(14)12(11)19-13(16)15-8(2)17/h4-6H,1,7H2,2-3H3. The molecule has 0 unspecified atom stereocenters. The lowest BCUT2D eigenvalue weighted by molar-refractivity contribution is -0.116. The highest BCUT2D eigenvalue weighted by molar-refractivity contribution is 7.17. The second-order valence-corrected chi connectivity index (χ2v) is 5.23. The fourth-order valence-corrected chi connectivity index (χ4v) is 3.18. The molecule has 2 aromatic rings. The number of aromatic nitrogens is 1. The topological polar surface area (TPSA) is 43.6 Å². The van der Waals surface area contributed by atoms with Crippen LogP contribution in [0.5, 0.6) is 5.75 Å². The fourth-order valence-electron chi connectivity index (χ4n) is 1.80. The number of halogens is 1. The summed E-state index contributed by atoms with van der Waals surface area (Å²) in [5.41, 5.74) is 0.833. The molecule has 6 heteroatoms. The van der Waals surface area contributed by atoms with E-state index < -0.39 is 0 Å². The van der Waals surface area contributed by atoms with E-state index in [1.165, 1.54) is 18.3 Å². The summed E-state index contributed by atoms with van der Waals surface area (Å²) in [4.78, 5) is 15.8. The summed E-state index contributed by atoms with van der Waals surface area (Å²) in [5.74, 6) is 0.446. The maximum absolute atomic E-state index is 11.2. The summed E-state index contributed by atoms with van der Waals surface area (Å²) in [6.45, 7) is 5.67. The van der Waals surface area contributed by atoms with Crippen molar-refractivity contribution in [2.45, 2.75) is 13.5 Å². The molecule has 1 aromatic carbocycles. The molecule has 0 N–H and O–H groups in total. The van der Waals surface area contributed by atoms with Crippen molar-refractivity contribution < 1.29 is 9.53 Å².